The fourth-order valence-electron chi connectivity index (χ4n) is 6.10. The van der Waals surface area contributed by atoms with Crippen LogP contribution in [0.1, 0.15) is 57.5 Å². The van der Waals surface area contributed by atoms with E-state index in [1.54, 1.807) is 0 Å². The molecule has 0 bridgehead atoms. The summed E-state index contributed by atoms with van der Waals surface area (Å²) in [7, 11) is -3.00. The first kappa shape index (κ1) is 34.6. The fourth-order valence-corrected chi connectivity index (χ4v) is 6.10. The Morgan fingerprint density at radius 2 is 1.48 bits per heavy atom. The van der Waals surface area contributed by atoms with Crippen LogP contribution in [0.4, 0.5) is 8.78 Å². The van der Waals surface area contributed by atoms with Crippen LogP contribution in [0.15, 0.2) is 24.3 Å². The van der Waals surface area contributed by atoms with Gasteiger partial charge in [0.25, 0.3) is 23.6 Å². The number of carboxylic acid groups (broad SMARTS) is 1. The summed E-state index contributed by atoms with van der Waals surface area (Å²) in [4.78, 5) is 94.2. The maximum Gasteiger partial charge on any atom is 0.491 e. The molecule has 0 aliphatic carbocycles. The van der Waals surface area contributed by atoms with Crippen molar-refractivity contribution in [2.24, 2.45) is 0 Å². The van der Waals surface area contributed by atoms with E-state index in [9.17, 15) is 57.5 Å². The molecule has 260 valence electrons. The quantitative estimate of drug-likeness (QED) is 0.130. The van der Waals surface area contributed by atoms with Crippen molar-refractivity contribution < 1.29 is 71.6 Å². The topological polar surface area (TPSA) is 238 Å². The molecule has 4 aliphatic heterocycles. The van der Waals surface area contributed by atoms with Crippen LogP contribution in [-0.4, -0.2) is 105 Å². The molecule has 2 aromatic carbocycles. The SMILES string of the molecule is O=C(C[C@H](NC(=O)[C@@H]1C[C@@H](NC(=O)c2cc(F)c3c(c2)B(O)OC3)CN1C(=O)c1cc(F)c2c(c1)B(O)OC2)C(=O)O)ON1C(=O)CCC1=O. The predicted molar refractivity (Wildman–Crippen MR) is 160 cm³/mol. The monoisotopic (exact) mass is 698 g/mol. The smallest absolute Gasteiger partial charge is 0.480 e. The number of hydrogen-bond donors (Lipinski definition) is 5. The second kappa shape index (κ2) is 13.6. The number of carbonyl (C=O) groups is 7. The van der Waals surface area contributed by atoms with Crippen LogP contribution < -0.4 is 21.6 Å². The normalized spacial score (nSPS) is 20.2. The number of hydrogen-bond acceptors (Lipinski definition) is 12. The van der Waals surface area contributed by atoms with Gasteiger partial charge in [-0.05, 0) is 41.6 Å². The van der Waals surface area contributed by atoms with E-state index in [-0.39, 0.29) is 70.7 Å². The van der Waals surface area contributed by atoms with Crippen LogP contribution in [0, 0.1) is 11.6 Å². The van der Waals surface area contributed by atoms with Crippen molar-refractivity contribution in [1.82, 2.24) is 20.6 Å². The zero-order valence-electron chi connectivity index (χ0n) is 25.7. The first-order valence-corrected chi connectivity index (χ1v) is 15.2. The Kier molecular flexibility index (Phi) is 9.40. The number of likely N-dealkylation sites (tertiary alicyclic amines) is 1. The number of carboxylic acids is 1. The van der Waals surface area contributed by atoms with Gasteiger partial charge in [-0.2, -0.15) is 0 Å². The second-order valence-corrected chi connectivity index (χ2v) is 11.9. The molecule has 5 amide bonds. The number of nitrogens with one attached hydrogen (secondary N) is 2. The van der Waals surface area contributed by atoms with Crippen molar-refractivity contribution in [1.29, 1.82) is 0 Å². The van der Waals surface area contributed by atoms with Gasteiger partial charge in [0.2, 0.25) is 5.91 Å². The van der Waals surface area contributed by atoms with Crippen LogP contribution >= 0.6 is 0 Å². The van der Waals surface area contributed by atoms with Crippen LogP contribution in [0.5, 0.6) is 0 Å². The van der Waals surface area contributed by atoms with Gasteiger partial charge in [0, 0.05) is 47.7 Å². The minimum absolute atomic E-state index is 0.0144. The average Bonchev–Trinajstić information content (AvgIpc) is 3.84. The summed E-state index contributed by atoms with van der Waals surface area (Å²) in [6.07, 6.45) is -1.81. The van der Waals surface area contributed by atoms with Gasteiger partial charge in [0.1, 0.15) is 23.7 Å². The van der Waals surface area contributed by atoms with Crippen molar-refractivity contribution >= 4 is 66.6 Å². The lowest BCUT2D eigenvalue weighted by Gasteiger charge is -2.25. The van der Waals surface area contributed by atoms with Gasteiger partial charge in [-0.25, -0.2) is 18.4 Å². The summed E-state index contributed by atoms with van der Waals surface area (Å²) >= 11 is 0. The van der Waals surface area contributed by atoms with Crippen LogP contribution in [0.25, 0.3) is 0 Å². The van der Waals surface area contributed by atoms with Gasteiger partial charge in [-0.1, -0.05) is 0 Å². The Bertz CT molecular complexity index is 1830. The Balaban J connectivity index is 1.22. The van der Waals surface area contributed by atoms with Gasteiger partial charge in [-0.3, -0.25) is 24.0 Å². The summed E-state index contributed by atoms with van der Waals surface area (Å²) in [5.41, 5.74) is -0.439. The lowest BCUT2D eigenvalue weighted by molar-refractivity contribution is -0.198. The highest BCUT2D eigenvalue weighted by molar-refractivity contribution is 6.62. The van der Waals surface area contributed by atoms with E-state index < -0.39 is 98.4 Å². The Hall–Kier alpha value is -5.24. The third-order valence-electron chi connectivity index (χ3n) is 8.66. The molecule has 0 unspecified atom stereocenters. The molecule has 2 fully saturated rings. The van der Waals surface area contributed by atoms with Gasteiger partial charge < -0.3 is 44.8 Å². The molecule has 4 aliphatic rings. The minimum atomic E-state index is -1.97. The Labute approximate surface area is 280 Å². The molecule has 17 nitrogen and oxygen atoms in total. The third-order valence-corrected chi connectivity index (χ3v) is 8.66. The lowest BCUT2D eigenvalue weighted by atomic mass is 9.78. The summed E-state index contributed by atoms with van der Waals surface area (Å²) < 4.78 is 39.6. The predicted octanol–water partition coefficient (Wildman–Crippen LogP) is -3.02. The fraction of sp³-hybridized carbons (Fsp3) is 0.345. The highest BCUT2D eigenvalue weighted by Gasteiger charge is 2.43. The molecule has 0 spiro atoms. The van der Waals surface area contributed by atoms with Gasteiger partial charge in [0.15, 0.2) is 0 Å². The van der Waals surface area contributed by atoms with Gasteiger partial charge >= 0.3 is 26.2 Å². The van der Waals surface area contributed by atoms with Crippen LogP contribution in [0.2, 0.25) is 0 Å². The van der Waals surface area contributed by atoms with Crippen LogP contribution in [-0.2, 0) is 51.3 Å². The van der Waals surface area contributed by atoms with E-state index in [2.05, 4.69) is 10.6 Å². The molecule has 2 saturated heterocycles. The zero-order valence-corrected chi connectivity index (χ0v) is 25.7. The molecular weight excluding hydrogens is 672 g/mol. The highest BCUT2D eigenvalue weighted by Crippen LogP contribution is 2.25. The molecule has 21 heteroatoms. The highest BCUT2D eigenvalue weighted by atomic mass is 19.1. The molecule has 5 N–H and O–H groups in total. The standard InChI is InChI=1S/C29H26B2F2N4O13/c32-19-5-12(3-17-15(19)10-48-30(17)46)26(41)34-14-7-22(36(9-14)28(43)13-4-18-16(20(33)6-13)11-49-31(18)47)27(42)35-21(29(44)45)8-25(40)50-37-23(38)1-2-24(37)39/h3-6,14,21-22,46-47H,1-2,7-11H2,(H,34,41)(H,35,42)(H,44,45)/t14-,21+,22+/m1/s1. The van der Waals surface area contributed by atoms with Crippen molar-refractivity contribution in [3.05, 3.63) is 58.2 Å². The maximum atomic E-state index is 14.9. The summed E-state index contributed by atoms with van der Waals surface area (Å²) in [5, 5.41) is 34.7. The minimum Gasteiger partial charge on any atom is -0.480 e. The van der Waals surface area contributed by atoms with Gasteiger partial charge in [-0.15, -0.1) is 5.06 Å². The summed E-state index contributed by atoms with van der Waals surface area (Å²) in [6.45, 7) is -0.861. The number of amides is 5. The first-order valence-electron chi connectivity index (χ1n) is 15.2. The van der Waals surface area contributed by atoms with E-state index in [1.165, 1.54) is 6.07 Å². The summed E-state index contributed by atoms with van der Waals surface area (Å²) in [5.74, 6) is -9.30. The van der Waals surface area contributed by atoms with E-state index >= 15 is 0 Å². The lowest BCUT2D eigenvalue weighted by Crippen LogP contribution is -2.51. The first-order chi connectivity index (χ1) is 23.7. The van der Waals surface area contributed by atoms with Crippen LogP contribution in [0.3, 0.4) is 0 Å². The number of benzene rings is 2. The molecule has 3 atom stereocenters. The second-order valence-electron chi connectivity index (χ2n) is 11.9. The average molecular weight is 698 g/mol. The van der Waals surface area contributed by atoms with Crippen molar-refractivity contribution in [2.45, 2.75) is 57.0 Å². The number of aliphatic carboxylic acids is 1. The zero-order chi connectivity index (χ0) is 36.0. The molecule has 0 radical (unpaired) electrons. The maximum absolute atomic E-state index is 14.9. The third kappa shape index (κ3) is 6.67. The summed E-state index contributed by atoms with van der Waals surface area (Å²) in [6, 6.07) is -0.365. The molecule has 0 saturated carbocycles. The number of imide groups is 1. The molecule has 6 rings (SSSR count). The molecule has 4 heterocycles. The van der Waals surface area contributed by atoms with Crippen molar-refractivity contribution in [3.63, 3.8) is 0 Å². The Morgan fingerprint density at radius 3 is 2.06 bits per heavy atom. The molecule has 0 aromatic heterocycles. The molecular formula is C29H26B2F2N4O13. The number of fused-ring (bicyclic) bond motifs is 2. The number of halogens is 2. The molecule has 50 heavy (non-hydrogen) atoms. The van der Waals surface area contributed by atoms with E-state index in [0.29, 0.717) is 0 Å². The van der Waals surface area contributed by atoms with E-state index in [4.69, 9.17) is 14.1 Å². The number of carbonyl (C=O) groups excluding carboxylic acids is 6. The van der Waals surface area contributed by atoms with Gasteiger partial charge in [0.05, 0.1) is 19.6 Å². The number of hydroxylamine groups is 2. The Morgan fingerprint density at radius 1 is 0.920 bits per heavy atom. The van der Waals surface area contributed by atoms with Crippen molar-refractivity contribution in [2.75, 3.05) is 6.54 Å². The van der Waals surface area contributed by atoms with E-state index in [0.717, 1.165) is 23.1 Å². The largest absolute Gasteiger partial charge is 0.491 e. The van der Waals surface area contributed by atoms with E-state index in [1.807, 2.05) is 0 Å². The van der Waals surface area contributed by atoms with Crippen molar-refractivity contribution in [3.8, 4) is 0 Å². The molecule has 2 aromatic rings. The number of nitrogens with zero attached hydrogens (tertiary/aromatic N) is 2. The number of rotatable bonds is 9.